The third-order valence-electron chi connectivity index (χ3n) is 3.36. The molecule has 0 aliphatic heterocycles. The fourth-order valence-electron chi connectivity index (χ4n) is 2.13. The van der Waals surface area contributed by atoms with Gasteiger partial charge in [0.2, 0.25) is 5.91 Å². The number of ether oxygens (including phenoxy) is 1. The predicted octanol–water partition coefficient (Wildman–Crippen LogP) is 5.27. The van der Waals surface area contributed by atoms with Crippen LogP contribution in [0.5, 0.6) is 5.75 Å². The average Bonchev–Trinajstić information content (AvgIpc) is 2.60. The maximum atomic E-state index is 12.9. The quantitative estimate of drug-likeness (QED) is 0.478. The molecule has 0 atom stereocenters. The first-order valence-electron chi connectivity index (χ1n) is 7.67. The number of thioether (sulfide) groups is 1. The zero-order chi connectivity index (χ0) is 21.8. The molecule has 0 saturated carbocycles. The van der Waals surface area contributed by atoms with Gasteiger partial charge in [0.25, 0.3) is 0 Å². The summed E-state index contributed by atoms with van der Waals surface area (Å²) in [5, 5.41) is 11.2. The Kier molecular flexibility index (Phi) is 7.26. The summed E-state index contributed by atoms with van der Waals surface area (Å²) in [6.07, 6.45) is -4.70. The summed E-state index contributed by atoms with van der Waals surface area (Å²) >= 11 is 6.44. The first-order chi connectivity index (χ1) is 13.5. The van der Waals surface area contributed by atoms with Gasteiger partial charge in [-0.25, -0.2) is 4.98 Å². The molecule has 2 aromatic rings. The van der Waals surface area contributed by atoms with Crippen LogP contribution in [0.2, 0.25) is 5.02 Å². The number of halogens is 6. The van der Waals surface area contributed by atoms with Crippen LogP contribution in [0.4, 0.5) is 27.6 Å². The molecule has 0 radical (unpaired) electrons. The van der Waals surface area contributed by atoms with Crippen LogP contribution in [0.1, 0.15) is 16.8 Å². The number of nitrogens with zero attached hydrogens (tertiary/aromatic N) is 2. The van der Waals surface area contributed by atoms with Crippen LogP contribution in [0.15, 0.2) is 29.3 Å². The average molecular weight is 452 g/mol. The van der Waals surface area contributed by atoms with Crippen molar-refractivity contribution in [1.29, 1.82) is 5.26 Å². The molecular weight excluding hydrogens is 441 g/mol. The molecule has 1 aromatic carbocycles. The number of alkyl halides is 5. The van der Waals surface area contributed by atoms with Crippen LogP contribution in [0.3, 0.4) is 0 Å². The molecular formula is C17H11ClF5N3O2S. The number of rotatable bonds is 6. The third-order valence-corrected chi connectivity index (χ3v) is 4.63. The Morgan fingerprint density at radius 2 is 2.07 bits per heavy atom. The van der Waals surface area contributed by atoms with Crippen molar-refractivity contribution in [3.8, 4) is 11.8 Å². The number of anilines is 1. The number of aryl methyl sites for hydroxylation is 1. The zero-order valence-electron chi connectivity index (χ0n) is 14.5. The molecule has 0 aliphatic rings. The van der Waals surface area contributed by atoms with E-state index < -0.39 is 24.4 Å². The van der Waals surface area contributed by atoms with Gasteiger partial charge in [0, 0.05) is 5.69 Å². The summed E-state index contributed by atoms with van der Waals surface area (Å²) in [5.41, 5.74) is -0.985. The molecule has 1 N–H and O–H groups in total. The first-order valence-corrected chi connectivity index (χ1v) is 9.03. The van der Waals surface area contributed by atoms with Crippen molar-refractivity contribution in [1.82, 2.24) is 4.98 Å². The van der Waals surface area contributed by atoms with Crippen LogP contribution in [0.25, 0.3) is 0 Å². The van der Waals surface area contributed by atoms with Gasteiger partial charge in [-0.15, -0.1) is 0 Å². The number of carbonyl (C=O) groups is 1. The maximum Gasteiger partial charge on any atom is 0.433 e. The molecule has 0 unspecified atom stereocenters. The van der Waals surface area contributed by atoms with Crippen LogP contribution >= 0.6 is 23.4 Å². The van der Waals surface area contributed by atoms with Gasteiger partial charge in [-0.2, -0.15) is 27.2 Å². The van der Waals surface area contributed by atoms with E-state index in [1.54, 1.807) is 6.07 Å². The van der Waals surface area contributed by atoms with E-state index >= 15 is 0 Å². The number of benzene rings is 1. The summed E-state index contributed by atoms with van der Waals surface area (Å²) in [5.74, 6) is -1.26. The molecule has 0 bridgehead atoms. The second-order valence-corrected chi connectivity index (χ2v) is 6.85. The van der Waals surface area contributed by atoms with Crippen molar-refractivity contribution in [2.75, 3.05) is 11.1 Å². The number of pyridine rings is 1. The van der Waals surface area contributed by atoms with Crippen molar-refractivity contribution < 1.29 is 31.5 Å². The van der Waals surface area contributed by atoms with Crippen molar-refractivity contribution >= 4 is 35.0 Å². The second-order valence-electron chi connectivity index (χ2n) is 5.47. The van der Waals surface area contributed by atoms with Gasteiger partial charge in [-0.05, 0) is 36.8 Å². The van der Waals surface area contributed by atoms with Gasteiger partial charge >= 0.3 is 12.8 Å². The molecule has 0 saturated heterocycles. The number of hydrogen-bond acceptors (Lipinski definition) is 5. The zero-order valence-corrected chi connectivity index (χ0v) is 16.1. The van der Waals surface area contributed by atoms with E-state index in [4.69, 9.17) is 16.9 Å². The molecule has 1 aromatic heterocycles. The minimum Gasteiger partial charge on any atom is -0.433 e. The fraction of sp³-hybridized carbons (Fsp3) is 0.235. The highest BCUT2D eigenvalue weighted by Crippen LogP contribution is 2.33. The van der Waals surface area contributed by atoms with Gasteiger partial charge in [0.15, 0.2) is 0 Å². The van der Waals surface area contributed by atoms with E-state index in [9.17, 15) is 26.7 Å². The monoisotopic (exact) mass is 451 g/mol. The lowest BCUT2D eigenvalue weighted by atomic mass is 10.1. The molecule has 0 fully saturated rings. The SMILES string of the molecule is Cc1cc(C(F)(F)F)nc(SCC(=O)Nc2ccc(OC(F)F)c(Cl)c2)c1C#N. The van der Waals surface area contributed by atoms with Crippen LogP contribution in [0, 0.1) is 18.3 Å². The number of nitrogens with one attached hydrogen (secondary N) is 1. The summed E-state index contributed by atoms with van der Waals surface area (Å²) in [6, 6.07) is 6.09. The molecule has 5 nitrogen and oxygen atoms in total. The maximum absolute atomic E-state index is 12.9. The Labute approximate surface area is 170 Å². The van der Waals surface area contributed by atoms with Gasteiger partial charge in [0.1, 0.15) is 22.5 Å². The lowest BCUT2D eigenvalue weighted by Gasteiger charge is -2.12. The minimum absolute atomic E-state index is 0.0626. The normalized spacial score (nSPS) is 11.3. The van der Waals surface area contributed by atoms with Crippen molar-refractivity contribution in [3.63, 3.8) is 0 Å². The predicted molar refractivity (Wildman–Crippen MR) is 96.1 cm³/mol. The van der Waals surface area contributed by atoms with Crippen molar-refractivity contribution in [3.05, 3.63) is 46.1 Å². The van der Waals surface area contributed by atoms with E-state index in [0.29, 0.717) is 11.8 Å². The van der Waals surface area contributed by atoms with E-state index in [1.807, 2.05) is 0 Å². The lowest BCUT2D eigenvalue weighted by molar-refractivity contribution is -0.141. The first kappa shape index (κ1) is 22.7. The summed E-state index contributed by atoms with van der Waals surface area (Å²) < 4.78 is 67.3. The second kappa shape index (κ2) is 9.28. The molecule has 154 valence electrons. The molecule has 0 aliphatic carbocycles. The van der Waals surface area contributed by atoms with Gasteiger partial charge in [-0.3, -0.25) is 4.79 Å². The number of nitriles is 1. The Hall–Kier alpha value is -2.58. The highest BCUT2D eigenvalue weighted by Gasteiger charge is 2.34. The van der Waals surface area contributed by atoms with Crippen molar-refractivity contribution in [2.45, 2.75) is 24.7 Å². The minimum atomic E-state index is -4.70. The van der Waals surface area contributed by atoms with Gasteiger partial charge in [0.05, 0.1) is 16.3 Å². The lowest BCUT2D eigenvalue weighted by Crippen LogP contribution is -2.15. The van der Waals surface area contributed by atoms with Gasteiger partial charge in [-0.1, -0.05) is 23.4 Å². The van der Waals surface area contributed by atoms with Gasteiger partial charge < -0.3 is 10.1 Å². The Balaban J connectivity index is 2.10. The molecule has 2 rings (SSSR count). The van der Waals surface area contributed by atoms with Crippen molar-refractivity contribution in [2.24, 2.45) is 0 Å². The van der Waals surface area contributed by atoms with E-state index in [2.05, 4.69) is 15.0 Å². The number of amides is 1. The van der Waals surface area contributed by atoms with E-state index in [-0.39, 0.29) is 38.4 Å². The molecule has 1 amide bonds. The smallest absolute Gasteiger partial charge is 0.433 e. The Morgan fingerprint density at radius 1 is 1.38 bits per heavy atom. The summed E-state index contributed by atoms with van der Waals surface area (Å²) in [7, 11) is 0. The number of hydrogen-bond donors (Lipinski definition) is 1. The van der Waals surface area contributed by atoms with E-state index in [1.165, 1.54) is 19.1 Å². The highest BCUT2D eigenvalue weighted by molar-refractivity contribution is 8.00. The van der Waals surface area contributed by atoms with E-state index in [0.717, 1.165) is 12.1 Å². The molecule has 1 heterocycles. The number of aromatic nitrogens is 1. The topological polar surface area (TPSA) is 75.0 Å². The Bertz CT molecular complexity index is 963. The summed E-state index contributed by atoms with van der Waals surface area (Å²) in [4.78, 5) is 15.5. The fourth-order valence-corrected chi connectivity index (χ4v) is 3.21. The summed E-state index contributed by atoms with van der Waals surface area (Å²) in [6.45, 7) is -1.73. The molecule has 0 spiro atoms. The van der Waals surface area contributed by atoms with Crippen LogP contribution in [-0.4, -0.2) is 23.3 Å². The standard InChI is InChI=1S/C17H11ClF5N3O2S/c1-8-4-13(17(21,22)23)26-15(10(8)6-24)29-7-14(27)25-9-2-3-12(11(18)5-9)28-16(19)20/h2-5,16H,7H2,1H3,(H,25,27). The van der Waals surface area contributed by atoms with Crippen LogP contribution in [-0.2, 0) is 11.0 Å². The highest BCUT2D eigenvalue weighted by atomic mass is 35.5. The third kappa shape index (κ3) is 6.20. The molecule has 29 heavy (non-hydrogen) atoms. The Morgan fingerprint density at radius 3 is 2.62 bits per heavy atom. The van der Waals surface area contributed by atoms with Crippen LogP contribution < -0.4 is 10.1 Å². The largest absolute Gasteiger partial charge is 0.433 e. The molecule has 12 heteroatoms. The number of carbonyl (C=O) groups excluding carboxylic acids is 1.